The lowest BCUT2D eigenvalue weighted by Crippen LogP contribution is -2.37. The van der Waals surface area contributed by atoms with Crippen LogP contribution < -0.4 is 10.6 Å². The monoisotopic (exact) mass is 290 g/mol. The quantitative estimate of drug-likeness (QED) is 0.845. The average molecular weight is 290 g/mol. The first-order valence-electron chi connectivity index (χ1n) is 7.97. The van der Waals surface area contributed by atoms with Crippen LogP contribution in [0.5, 0.6) is 0 Å². The molecule has 2 rings (SSSR count). The smallest absolute Gasteiger partial charge is 0.271 e. The topological polar surface area (TPSA) is 66.9 Å². The molecule has 0 saturated heterocycles. The molecule has 0 aliphatic heterocycles. The Labute approximate surface area is 127 Å². The number of aromatic nitrogens is 2. The second-order valence-corrected chi connectivity index (χ2v) is 6.27. The van der Waals surface area contributed by atoms with Crippen LogP contribution in [-0.2, 0) is 0 Å². The van der Waals surface area contributed by atoms with Crippen molar-refractivity contribution < 1.29 is 4.79 Å². The van der Waals surface area contributed by atoms with Crippen molar-refractivity contribution in [2.75, 3.05) is 18.4 Å². The standard InChI is InChI=1S/C16H26N4O/c1-3-9-18-14-11-17-10-13(20-14)15(21)19-12-16(2)7-5-4-6-8-16/h10-11H,3-9,12H2,1-2H3,(H,18,20)(H,19,21). The van der Waals surface area contributed by atoms with Gasteiger partial charge in [0.05, 0.1) is 12.4 Å². The van der Waals surface area contributed by atoms with E-state index in [0.29, 0.717) is 11.5 Å². The lowest BCUT2D eigenvalue weighted by molar-refractivity contribution is 0.0914. The van der Waals surface area contributed by atoms with Crippen LogP contribution in [-0.4, -0.2) is 29.0 Å². The number of hydrogen-bond acceptors (Lipinski definition) is 4. The highest BCUT2D eigenvalue weighted by Crippen LogP contribution is 2.34. The summed E-state index contributed by atoms with van der Waals surface area (Å²) >= 11 is 0. The van der Waals surface area contributed by atoms with Crippen molar-refractivity contribution in [2.45, 2.75) is 52.4 Å². The maximum Gasteiger partial charge on any atom is 0.271 e. The van der Waals surface area contributed by atoms with E-state index in [1.807, 2.05) is 0 Å². The zero-order valence-corrected chi connectivity index (χ0v) is 13.1. The molecule has 0 bridgehead atoms. The summed E-state index contributed by atoms with van der Waals surface area (Å²) in [5, 5.41) is 6.17. The molecule has 0 spiro atoms. The van der Waals surface area contributed by atoms with Gasteiger partial charge in [0.25, 0.3) is 5.91 Å². The molecule has 1 aromatic rings. The average Bonchev–Trinajstić information content (AvgIpc) is 2.52. The number of anilines is 1. The molecule has 5 heteroatoms. The normalized spacial score (nSPS) is 17.2. The van der Waals surface area contributed by atoms with E-state index in [2.05, 4.69) is 34.4 Å². The Hall–Kier alpha value is -1.65. The van der Waals surface area contributed by atoms with Gasteiger partial charge in [0.1, 0.15) is 11.5 Å². The predicted molar refractivity (Wildman–Crippen MR) is 84.3 cm³/mol. The molecule has 0 radical (unpaired) electrons. The highest BCUT2D eigenvalue weighted by molar-refractivity contribution is 5.92. The van der Waals surface area contributed by atoms with Crippen LogP contribution in [0.2, 0.25) is 0 Å². The van der Waals surface area contributed by atoms with Gasteiger partial charge in [-0.2, -0.15) is 0 Å². The van der Waals surface area contributed by atoms with E-state index in [9.17, 15) is 4.79 Å². The minimum absolute atomic E-state index is 0.130. The van der Waals surface area contributed by atoms with Gasteiger partial charge in [-0.3, -0.25) is 9.78 Å². The van der Waals surface area contributed by atoms with Crippen molar-refractivity contribution in [2.24, 2.45) is 5.41 Å². The summed E-state index contributed by atoms with van der Waals surface area (Å²) in [7, 11) is 0. The molecule has 0 unspecified atom stereocenters. The fraction of sp³-hybridized carbons (Fsp3) is 0.688. The number of nitrogens with one attached hydrogen (secondary N) is 2. The molecule has 116 valence electrons. The maximum absolute atomic E-state index is 12.2. The first-order chi connectivity index (χ1) is 10.1. The molecule has 21 heavy (non-hydrogen) atoms. The van der Waals surface area contributed by atoms with E-state index in [-0.39, 0.29) is 11.3 Å². The van der Waals surface area contributed by atoms with E-state index in [1.165, 1.54) is 38.3 Å². The summed E-state index contributed by atoms with van der Waals surface area (Å²) in [5.41, 5.74) is 0.620. The van der Waals surface area contributed by atoms with Gasteiger partial charge in [0, 0.05) is 13.1 Å². The maximum atomic E-state index is 12.2. The zero-order valence-electron chi connectivity index (χ0n) is 13.1. The largest absolute Gasteiger partial charge is 0.369 e. The molecule has 1 aliphatic rings. The second kappa shape index (κ2) is 7.38. The minimum Gasteiger partial charge on any atom is -0.369 e. The zero-order chi connectivity index (χ0) is 15.1. The first-order valence-corrected chi connectivity index (χ1v) is 7.97. The Morgan fingerprint density at radius 2 is 2.05 bits per heavy atom. The fourth-order valence-corrected chi connectivity index (χ4v) is 2.78. The van der Waals surface area contributed by atoms with Gasteiger partial charge in [-0.15, -0.1) is 0 Å². The third kappa shape index (κ3) is 4.69. The van der Waals surface area contributed by atoms with Crippen LogP contribution in [0.1, 0.15) is 62.9 Å². The van der Waals surface area contributed by atoms with Gasteiger partial charge in [0.15, 0.2) is 0 Å². The number of carbonyl (C=O) groups excluding carboxylic acids is 1. The lowest BCUT2D eigenvalue weighted by atomic mass is 9.76. The van der Waals surface area contributed by atoms with Crippen LogP contribution in [0.4, 0.5) is 5.82 Å². The first kappa shape index (κ1) is 15.7. The molecule has 2 N–H and O–H groups in total. The number of carbonyl (C=O) groups is 1. The minimum atomic E-state index is -0.130. The Bertz CT molecular complexity index is 469. The molecular formula is C16H26N4O. The SMILES string of the molecule is CCCNc1cncc(C(=O)NCC2(C)CCCCC2)n1. The van der Waals surface area contributed by atoms with Crippen molar-refractivity contribution in [1.82, 2.24) is 15.3 Å². The lowest BCUT2D eigenvalue weighted by Gasteiger charge is -2.33. The van der Waals surface area contributed by atoms with Gasteiger partial charge in [-0.1, -0.05) is 33.1 Å². The van der Waals surface area contributed by atoms with Crippen molar-refractivity contribution in [3.8, 4) is 0 Å². The Balaban J connectivity index is 1.90. The summed E-state index contributed by atoms with van der Waals surface area (Å²) in [4.78, 5) is 20.6. The molecule has 5 nitrogen and oxygen atoms in total. The third-order valence-electron chi connectivity index (χ3n) is 4.16. The number of amides is 1. The third-order valence-corrected chi connectivity index (χ3v) is 4.16. The van der Waals surface area contributed by atoms with E-state index >= 15 is 0 Å². The molecule has 1 fully saturated rings. The van der Waals surface area contributed by atoms with Crippen molar-refractivity contribution >= 4 is 11.7 Å². The summed E-state index contributed by atoms with van der Waals surface area (Å²) in [6.07, 6.45) is 10.4. The number of nitrogens with zero attached hydrogens (tertiary/aromatic N) is 2. The molecule has 1 aromatic heterocycles. The van der Waals surface area contributed by atoms with Gasteiger partial charge in [0.2, 0.25) is 0 Å². The van der Waals surface area contributed by atoms with Gasteiger partial charge in [-0.05, 0) is 24.7 Å². The number of hydrogen-bond donors (Lipinski definition) is 2. The molecule has 1 aliphatic carbocycles. The summed E-state index contributed by atoms with van der Waals surface area (Å²) in [6.45, 7) is 5.90. The molecule has 1 heterocycles. The van der Waals surface area contributed by atoms with Crippen molar-refractivity contribution in [3.63, 3.8) is 0 Å². The summed E-state index contributed by atoms with van der Waals surface area (Å²) < 4.78 is 0. The fourth-order valence-electron chi connectivity index (χ4n) is 2.78. The van der Waals surface area contributed by atoms with Crippen LogP contribution in [0, 0.1) is 5.41 Å². The van der Waals surface area contributed by atoms with Crippen molar-refractivity contribution in [1.29, 1.82) is 0 Å². The molecule has 1 saturated carbocycles. The van der Waals surface area contributed by atoms with Crippen LogP contribution in [0.15, 0.2) is 12.4 Å². The Morgan fingerprint density at radius 1 is 1.29 bits per heavy atom. The van der Waals surface area contributed by atoms with E-state index in [0.717, 1.165) is 19.5 Å². The van der Waals surface area contributed by atoms with E-state index < -0.39 is 0 Å². The number of rotatable bonds is 6. The Morgan fingerprint density at radius 3 is 2.76 bits per heavy atom. The second-order valence-electron chi connectivity index (χ2n) is 6.27. The van der Waals surface area contributed by atoms with Gasteiger partial charge >= 0.3 is 0 Å². The molecule has 1 amide bonds. The van der Waals surface area contributed by atoms with Gasteiger partial charge in [-0.25, -0.2) is 4.98 Å². The molecular weight excluding hydrogens is 264 g/mol. The summed E-state index contributed by atoms with van der Waals surface area (Å²) in [6, 6.07) is 0. The van der Waals surface area contributed by atoms with E-state index in [4.69, 9.17) is 0 Å². The van der Waals surface area contributed by atoms with Crippen LogP contribution in [0.3, 0.4) is 0 Å². The highest BCUT2D eigenvalue weighted by Gasteiger charge is 2.27. The van der Waals surface area contributed by atoms with E-state index in [1.54, 1.807) is 6.20 Å². The van der Waals surface area contributed by atoms with Crippen LogP contribution >= 0.6 is 0 Å². The highest BCUT2D eigenvalue weighted by atomic mass is 16.1. The Kier molecular flexibility index (Phi) is 5.53. The predicted octanol–water partition coefficient (Wildman–Crippen LogP) is 3.00. The molecule has 0 aromatic carbocycles. The van der Waals surface area contributed by atoms with Gasteiger partial charge < -0.3 is 10.6 Å². The molecule has 0 atom stereocenters. The van der Waals surface area contributed by atoms with Crippen LogP contribution in [0.25, 0.3) is 0 Å². The summed E-state index contributed by atoms with van der Waals surface area (Å²) in [5.74, 6) is 0.530. The van der Waals surface area contributed by atoms with Crippen molar-refractivity contribution in [3.05, 3.63) is 18.1 Å².